The Bertz CT molecular complexity index is 1100. The average Bonchev–Trinajstić information content (AvgIpc) is 3.05. The van der Waals surface area contributed by atoms with E-state index in [9.17, 15) is 14.7 Å². The molecule has 0 bridgehead atoms. The minimum absolute atomic E-state index is 0.0728. The Balaban J connectivity index is 1.51. The zero-order chi connectivity index (χ0) is 18.8. The third-order valence-corrected chi connectivity index (χ3v) is 5.79. The summed E-state index contributed by atoms with van der Waals surface area (Å²) in [6.07, 6.45) is 6.89. The van der Waals surface area contributed by atoms with Gasteiger partial charge in [-0.05, 0) is 43.4 Å². The second kappa shape index (κ2) is 7.32. The molecule has 1 aliphatic carbocycles. The van der Waals surface area contributed by atoms with Gasteiger partial charge in [-0.2, -0.15) is 5.10 Å². The van der Waals surface area contributed by atoms with Crippen LogP contribution in [0, 0.1) is 0 Å². The van der Waals surface area contributed by atoms with Gasteiger partial charge in [-0.25, -0.2) is 10.4 Å². The summed E-state index contributed by atoms with van der Waals surface area (Å²) in [6.45, 7) is -0.162. The van der Waals surface area contributed by atoms with Crippen LogP contribution in [0.2, 0.25) is 0 Å². The predicted octanol–water partition coefficient (Wildman–Crippen LogP) is 2.19. The third kappa shape index (κ3) is 3.48. The number of aromatic hydroxyl groups is 1. The first-order valence-electron chi connectivity index (χ1n) is 8.73. The van der Waals surface area contributed by atoms with Crippen LogP contribution in [0.5, 0.6) is 5.75 Å². The molecule has 1 amide bonds. The number of benzene rings is 1. The van der Waals surface area contributed by atoms with Crippen LogP contribution in [0.25, 0.3) is 10.2 Å². The number of hydrogen-bond acceptors (Lipinski definition) is 6. The van der Waals surface area contributed by atoms with Crippen molar-refractivity contribution >= 4 is 33.7 Å². The van der Waals surface area contributed by atoms with E-state index in [0.717, 1.165) is 36.1 Å². The van der Waals surface area contributed by atoms with Crippen molar-refractivity contribution in [1.82, 2.24) is 15.0 Å². The summed E-state index contributed by atoms with van der Waals surface area (Å²) in [7, 11) is 0. The summed E-state index contributed by atoms with van der Waals surface area (Å²) in [6, 6.07) is 6.66. The van der Waals surface area contributed by atoms with E-state index in [1.165, 1.54) is 28.1 Å². The van der Waals surface area contributed by atoms with Gasteiger partial charge < -0.3 is 5.11 Å². The van der Waals surface area contributed by atoms with E-state index in [4.69, 9.17) is 0 Å². The number of carbonyl (C=O) groups is 1. The SMILES string of the molecule is O=C(Cn1cnc2sc3c(c2c1=O)CCCC3)N/N=C/c1ccccc1O. The maximum absolute atomic E-state index is 12.8. The van der Waals surface area contributed by atoms with Gasteiger partial charge in [0.1, 0.15) is 17.1 Å². The molecule has 0 spiro atoms. The van der Waals surface area contributed by atoms with Crippen molar-refractivity contribution in [1.29, 1.82) is 0 Å². The summed E-state index contributed by atoms with van der Waals surface area (Å²) in [4.78, 5) is 31.3. The van der Waals surface area contributed by atoms with E-state index in [1.54, 1.807) is 29.5 Å². The van der Waals surface area contributed by atoms with Crippen molar-refractivity contribution in [3.63, 3.8) is 0 Å². The molecule has 1 aromatic carbocycles. The van der Waals surface area contributed by atoms with Gasteiger partial charge in [-0.1, -0.05) is 12.1 Å². The minimum Gasteiger partial charge on any atom is -0.507 e. The second-order valence-electron chi connectivity index (χ2n) is 6.42. The molecule has 2 aromatic heterocycles. The lowest BCUT2D eigenvalue weighted by molar-refractivity contribution is -0.121. The molecule has 8 heteroatoms. The zero-order valence-corrected chi connectivity index (χ0v) is 15.3. The number of para-hydroxylation sites is 1. The average molecular weight is 382 g/mol. The molecule has 0 fully saturated rings. The lowest BCUT2D eigenvalue weighted by Gasteiger charge is -2.10. The van der Waals surface area contributed by atoms with E-state index < -0.39 is 5.91 Å². The first-order chi connectivity index (χ1) is 13.1. The fourth-order valence-electron chi connectivity index (χ4n) is 3.25. The highest BCUT2D eigenvalue weighted by molar-refractivity contribution is 7.18. The first-order valence-corrected chi connectivity index (χ1v) is 9.54. The highest BCUT2D eigenvalue weighted by Gasteiger charge is 2.20. The fraction of sp³-hybridized carbons (Fsp3) is 0.263. The van der Waals surface area contributed by atoms with Gasteiger partial charge in [-0.3, -0.25) is 14.2 Å². The van der Waals surface area contributed by atoms with E-state index in [-0.39, 0.29) is 17.9 Å². The van der Waals surface area contributed by atoms with Gasteiger partial charge in [0.2, 0.25) is 0 Å². The van der Waals surface area contributed by atoms with E-state index in [0.29, 0.717) is 10.9 Å². The zero-order valence-electron chi connectivity index (χ0n) is 14.5. The van der Waals surface area contributed by atoms with Crippen molar-refractivity contribution in [2.45, 2.75) is 32.2 Å². The van der Waals surface area contributed by atoms with Gasteiger partial charge in [0.15, 0.2) is 0 Å². The molecule has 0 atom stereocenters. The maximum Gasteiger partial charge on any atom is 0.262 e. The highest BCUT2D eigenvalue weighted by atomic mass is 32.1. The molecular formula is C19H18N4O3S. The number of amides is 1. The molecule has 27 heavy (non-hydrogen) atoms. The van der Waals surface area contributed by atoms with Gasteiger partial charge in [0.25, 0.3) is 11.5 Å². The molecule has 0 saturated carbocycles. The summed E-state index contributed by atoms with van der Waals surface area (Å²) in [5.41, 5.74) is 3.78. The third-order valence-electron chi connectivity index (χ3n) is 4.59. The molecule has 0 aliphatic heterocycles. The van der Waals surface area contributed by atoms with E-state index in [2.05, 4.69) is 15.5 Å². The van der Waals surface area contributed by atoms with Crippen LogP contribution < -0.4 is 11.0 Å². The predicted molar refractivity (Wildman–Crippen MR) is 104 cm³/mol. The second-order valence-corrected chi connectivity index (χ2v) is 7.50. The molecule has 1 aliphatic rings. The van der Waals surface area contributed by atoms with Gasteiger partial charge in [-0.15, -0.1) is 11.3 Å². The Morgan fingerprint density at radius 3 is 3.00 bits per heavy atom. The highest BCUT2D eigenvalue weighted by Crippen LogP contribution is 2.33. The number of thiophene rings is 1. The quantitative estimate of drug-likeness (QED) is 0.534. The molecule has 3 aromatic rings. The van der Waals surface area contributed by atoms with Crippen LogP contribution in [0.1, 0.15) is 28.8 Å². The fourth-order valence-corrected chi connectivity index (χ4v) is 4.47. The monoisotopic (exact) mass is 382 g/mol. The minimum atomic E-state index is -0.436. The topological polar surface area (TPSA) is 96.6 Å². The van der Waals surface area contributed by atoms with Crippen LogP contribution in [0.15, 0.2) is 40.5 Å². The molecule has 0 saturated heterocycles. The van der Waals surface area contributed by atoms with Crippen molar-refractivity contribution in [2.75, 3.05) is 0 Å². The number of phenols is 1. The Labute approximate surface area is 159 Å². The lowest BCUT2D eigenvalue weighted by Crippen LogP contribution is -2.30. The number of rotatable bonds is 4. The number of aryl methyl sites for hydroxylation is 2. The molecule has 2 N–H and O–H groups in total. The van der Waals surface area contributed by atoms with E-state index >= 15 is 0 Å². The van der Waals surface area contributed by atoms with Gasteiger partial charge >= 0.3 is 0 Å². The lowest BCUT2D eigenvalue weighted by atomic mass is 9.97. The summed E-state index contributed by atoms with van der Waals surface area (Å²) in [5, 5.41) is 14.2. The number of carbonyl (C=O) groups excluding carboxylic acids is 1. The van der Waals surface area contributed by atoms with Crippen LogP contribution in [-0.4, -0.2) is 26.8 Å². The Morgan fingerprint density at radius 1 is 1.33 bits per heavy atom. The Kier molecular flexibility index (Phi) is 4.72. The number of phenolic OH excluding ortho intramolecular Hbond substituents is 1. The number of hydrazone groups is 1. The van der Waals surface area contributed by atoms with Crippen molar-refractivity contribution in [2.24, 2.45) is 5.10 Å². The summed E-state index contributed by atoms with van der Waals surface area (Å²) in [5.74, 6) is -0.363. The molecule has 2 heterocycles. The van der Waals surface area contributed by atoms with Gasteiger partial charge in [0.05, 0.1) is 17.9 Å². The maximum atomic E-state index is 12.8. The molecule has 0 unspecified atom stereocenters. The number of nitrogens with zero attached hydrogens (tertiary/aromatic N) is 3. The molecule has 138 valence electrons. The number of fused-ring (bicyclic) bond motifs is 3. The van der Waals surface area contributed by atoms with Crippen LogP contribution in [0.4, 0.5) is 0 Å². The van der Waals surface area contributed by atoms with Crippen LogP contribution >= 0.6 is 11.3 Å². The summed E-state index contributed by atoms with van der Waals surface area (Å²) < 4.78 is 1.31. The molecule has 4 rings (SSSR count). The largest absolute Gasteiger partial charge is 0.507 e. The van der Waals surface area contributed by atoms with Crippen molar-refractivity contribution in [3.8, 4) is 5.75 Å². The Morgan fingerprint density at radius 2 is 2.15 bits per heavy atom. The van der Waals surface area contributed by atoms with Gasteiger partial charge in [0, 0.05) is 10.4 Å². The number of hydrogen-bond donors (Lipinski definition) is 2. The molecular weight excluding hydrogens is 364 g/mol. The molecule has 0 radical (unpaired) electrons. The standard InChI is InChI=1S/C19H18N4O3S/c24-14-7-3-1-5-12(14)9-21-22-16(25)10-23-11-20-18-17(19(23)26)13-6-2-4-8-15(13)27-18/h1,3,5,7,9,11,24H,2,4,6,8,10H2,(H,22,25)/b21-9+. The van der Waals surface area contributed by atoms with Crippen molar-refractivity contribution < 1.29 is 9.90 Å². The normalized spacial score (nSPS) is 13.8. The molecule has 7 nitrogen and oxygen atoms in total. The number of aromatic nitrogens is 2. The first kappa shape index (κ1) is 17.4. The number of nitrogens with one attached hydrogen (secondary N) is 1. The smallest absolute Gasteiger partial charge is 0.262 e. The van der Waals surface area contributed by atoms with Crippen LogP contribution in [0.3, 0.4) is 0 Å². The van der Waals surface area contributed by atoms with Crippen LogP contribution in [-0.2, 0) is 24.2 Å². The summed E-state index contributed by atoms with van der Waals surface area (Å²) >= 11 is 1.58. The van der Waals surface area contributed by atoms with E-state index in [1.807, 2.05) is 0 Å². The Hall–Kier alpha value is -3.00. The van der Waals surface area contributed by atoms with Crippen molar-refractivity contribution in [3.05, 3.63) is 57.0 Å².